The van der Waals surface area contributed by atoms with Crippen LogP contribution in [-0.2, 0) is 4.79 Å². The fourth-order valence-electron chi connectivity index (χ4n) is 2.52. The Morgan fingerprint density at radius 1 is 1.32 bits per heavy atom. The minimum Gasteiger partial charge on any atom is -0.481 e. The number of nitrogens with one attached hydrogen (secondary N) is 2. The van der Waals surface area contributed by atoms with Crippen molar-refractivity contribution < 1.29 is 14.7 Å². The van der Waals surface area contributed by atoms with Gasteiger partial charge in [0.1, 0.15) is 5.69 Å². The first kappa shape index (κ1) is 13.9. The molecule has 19 heavy (non-hydrogen) atoms. The zero-order valence-electron chi connectivity index (χ0n) is 10.5. The number of hydrogen-bond acceptors (Lipinski definition) is 2. The Morgan fingerprint density at radius 2 is 2.05 bits per heavy atom. The number of rotatable bonds is 3. The molecule has 1 aliphatic carbocycles. The third kappa shape index (κ3) is 3.50. The molecule has 1 amide bonds. The standard InChI is InChI=1S/C13H17ClN2O3/c14-8-6-11(15-7-8)12(17)16-10-5-3-1-2-4-9(10)13(18)19/h6-7,9-10,15H,1-5H2,(H,16,17)(H,18,19). The maximum absolute atomic E-state index is 12.0. The maximum atomic E-state index is 12.0. The monoisotopic (exact) mass is 284 g/mol. The van der Waals surface area contributed by atoms with Crippen molar-refractivity contribution in [3.8, 4) is 0 Å². The number of hydrogen-bond donors (Lipinski definition) is 3. The minimum absolute atomic E-state index is 0.301. The van der Waals surface area contributed by atoms with Crippen molar-refractivity contribution in [3.63, 3.8) is 0 Å². The van der Waals surface area contributed by atoms with Gasteiger partial charge in [0.05, 0.1) is 10.9 Å². The lowest BCUT2D eigenvalue weighted by Crippen LogP contribution is -2.42. The lowest BCUT2D eigenvalue weighted by atomic mass is 9.95. The summed E-state index contributed by atoms with van der Waals surface area (Å²) in [6.07, 6.45) is 5.71. The van der Waals surface area contributed by atoms with Gasteiger partial charge in [-0.2, -0.15) is 0 Å². The van der Waals surface area contributed by atoms with Gasteiger partial charge in [-0.1, -0.05) is 30.9 Å². The van der Waals surface area contributed by atoms with Crippen LogP contribution in [0.25, 0.3) is 0 Å². The van der Waals surface area contributed by atoms with Crippen LogP contribution in [0.3, 0.4) is 0 Å². The molecular formula is C13H17ClN2O3. The first-order chi connectivity index (χ1) is 9.08. The second kappa shape index (κ2) is 6.10. The highest BCUT2D eigenvalue weighted by atomic mass is 35.5. The van der Waals surface area contributed by atoms with Crippen LogP contribution < -0.4 is 5.32 Å². The highest BCUT2D eigenvalue weighted by molar-refractivity contribution is 6.30. The SMILES string of the molecule is O=C(NC1CCCCCC1C(=O)O)c1cc(Cl)c[nH]1. The second-order valence-corrected chi connectivity index (χ2v) is 5.33. The van der Waals surface area contributed by atoms with Crippen LogP contribution in [0.15, 0.2) is 12.3 Å². The molecule has 104 valence electrons. The van der Waals surface area contributed by atoms with Crippen molar-refractivity contribution in [2.24, 2.45) is 5.92 Å². The van der Waals surface area contributed by atoms with Gasteiger partial charge in [-0.25, -0.2) is 0 Å². The third-order valence-corrected chi connectivity index (χ3v) is 3.76. The molecule has 1 aromatic rings. The molecule has 0 bridgehead atoms. The van der Waals surface area contributed by atoms with Crippen LogP contribution in [0.4, 0.5) is 0 Å². The summed E-state index contributed by atoms with van der Waals surface area (Å²) in [7, 11) is 0. The molecule has 2 rings (SSSR count). The second-order valence-electron chi connectivity index (χ2n) is 4.89. The Bertz CT molecular complexity index is 472. The van der Waals surface area contributed by atoms with E-state index in [1.54, 1.807) is 0 Å². The van der Waals surface area contributed by atoms with Crippen molar-refractivity contribution in [1.29, 1.82) is 0 Å². The molecule has 0 aromatic carbocycles. The van der Waals surface area contributed by atoms with Gasteiger partial charge in [0.25, 0.3) is 5.91 Å². The fraction of sp³-hybridized carbons (Fsp3) is 0.538. The molecule has 3 N–H and O–H groups in total. The third-order valence-electron chi connectivity index (χ3n) is 3.54. The predicted octanol–water partition coefficient (Wildman–Crippen LogP) is 2.43. The van der Waals surface area contributed by atoms with Gasteiger partial charge < -0.3 is 15.4 Å². The number of carboxylic acids is 1. The number of aromatic amines is 1. The summed E-state index contributed by atoms with van der Waals surface area (Å²) < 4.78 is 0. The quantitative estimate of drug-likeness (QED) is 0.746. The zero-order chi connectivity index (χ0) is 13.8. The average molecular weight is 285 g/mol. The van der Waals surface area contributed by atoms with Crippen molar-refractivity contribution in [1.82, 2.24) is 10.3 Å². The van der Waals surface area contributed by atoms with Crippen molar-refractivity contribution in [2.45, 2.75) is 38.1 Å². The highest BCUT2D eigenvalue weighted by Gasteiger charge is 2.30. The first-order valence-corrected chi connectivity index (χ1v) is 6.83. The summed E-state index contributed by atoms with van der Waals surface area (Å²) in [5.41, 5.74) is 0.360. The van der Waals surface area contributed by atoms with E-state index in [1.807, 2.05) is 0 Å². The molecule has 2 atom stereocenters. The summed E-state index contributed by atoms with van der Waals surface area (Å²) in [6, 6.07) is 1.22. The first-order valence-electron chi connectivity index (χ1n) is 6.45. The number of carboxylic acid groups (broad SMARTS) is 1. The van der Waals surface area contributed by atoms with Gasteiger partial charge in [-0.15, -0.1) is 0 Å². The van der Waals surface area contributed by atoms with E-state index >= 15 is 0 Å². The highest BCUT2D eigenvalue weighted by Crippen LogP contribution is 2.24. The van der Waals surface area contributed by atoms with E-state index in [2.05, 4.69) is 10.3 Å². The molecule has 6 heteroatoms. The van der Waals surface area contributed by atoms with E-state index in [0.29, 0.717) is 23.6 Å². The van der Waals surface area contributed by atoms with E-state index in [0.717, 1.165) is 19.3 Å². The lowest BCUT2D eigenvalue weighted by molar-refractivity contribution is -0.142. The normalized spacial score (nSPS) is 23.6. The molecule has 5 nitrogen and oxygen atoms in total. The molecule has 2 unspecified atom stereocenters. The van der Waals surface area contributed by atoms with Crippen molar-refractivity contribution >= 4 is 23.5 Å². The number of amides is 1. The molecule has 0 spiro atoms. The van der Waals surface area contributed by atoms with Gasteiger partial charge in [-0.3, -0.25) is 9.59 Å². The minimum atomic E-state index is -0.836. The van der Waals surface area contributed by atoms with E-state index in [9.17, 15) is 14.7 Å². The molecule has 0 aliphatic heterocycles. The van der Waals surface area contributed by atoms with E-state index in [1.165, 1.54) is 12.3 Å². The van der Waals surface area contributed by atoms with Gasteiger partial charge in [0.2, 0.25) is 0 Å². The largest absolute Gasteiger partial charge is 0.481 e. The Labute approximate surface area is 116 Å². The van der Waals surface area contributed by atoms with Gasteiger partial charge in [0.15, 0.2) is 0 Å². The van der Waals surface area contributed by atoms with Crippen LogP contribution >= 0.6 is 11.6 Å². The Hall–Kier alpha value is -1.49. The van der Waals surface area contributed by atoms with Crippen LogP contribution in [0.5, 0.6) is 0 Å². The molecule has 1 aromatic heterocycles. The molecule has 1 heterocycles. The molecule has 1 fully saturated rings. The van der Waals surface area contributed by atoms with Gasteiger partial charge in [0, 0.05) is 12.2 Å². The van der Waals surface area contributed by atoms with Crippen LogP contribution in [0.1, 0.15) is 42.6 Å². The Morgan fingerprint density at radius 3 is 2.68 bits per heavy atom. The Balaban J connectivity index is 2.06. The Kier molecular flexibility index (Phi) is 4.47. The van der Waals surface area contributed by atoms with E-state index in [-0.39, 0.29) is 11.9 Å². The summed E-state index contributed by atoms with van der Waals surface area (Å²) in [5.74, 6) is -1.64. The topological polar surface area (TPSA) is 82.2 Å². The van der Waals surface area contributed by atoms with Gasteiger partial charge in [-0.05, 0) is 18.9 Å². The number of aliphatic carboxylic acids is 1. The predicted molar refractivity (Wildman–Crippen MR) is 71.3 cm³/mol. The molecule has 0 saturated heterocycles. The van der Waals surface area contributed by atoms with Crippen LogP contribution in [0, 0.1) is 5.92 Å². The number of carbonyl (C=O) groups is 2. The van der Waals surface area contributed by atoms with E-state index < -0.39 is 11.9 Å². The van der Waals surface area contributed by atoms with Crippen LogP contribution in [-0.4, -0.2) is 28.0 Å². The fourth-order valence-corrected chi connectivity index (χ4v) is 2.68. The molecule has 0 radical (unpaired) electrons. The molecule has 1 aliphatic rings. The zero-order valence-corrected chi connectivity index (χ0v) is 11.2. The number of carbonyl (C=O) groups excluding carboxylic acids is 1. The van der Waals surface area contributed by atoms with Crippen molar-refractivity contribution in [3.05, 3.63) is 23.0 Å². The molecule has 1 saturated carbocycles. The molecular weight excluding hydrogens is 268 g/mol. The lowest BCUT2D eigenvalue weighted by Gasteiger charge is -2.22. The summed E-state index contributed by atoms with van der Waals surface area (Å²) >= 11 is 5.75. The summed E-state index contributed by atoms with van der Waals surface area (Å²) in [5, 5.41) is 12.5. The van der Waals surface area contributed by atoms with Gasteiger partial charge >= 0.3 is 5.97 Å². The smallest absolute Gasteiger partial charge is 0.308 e. The number of halogens is 1. The van der Waals surface area contributed by atoms with E-state index in [4.69, 9.17) is 11.6 Å². The summed E-state index contributed by atoms with van der Waals surface area (Å²) in [6.45, 7) is 0. The number of H-pyrrole nitrogens is 1. The average Bonchev–Trinajstić information content (AvgIpc) is 2.65. The van der Waals surface area contributed by atoms with Crippen LogP contribution in [0.2, 0.25) is 5.02 Å². The van der Waals surface area contributed by atoms with Crippen molar-refractivity contribution in [2.75, 3.05) is 0 Å². The maximum Gasteiger partial charge on any atom is 0.308 e. The summed E-state index contributed by atoms with van der Waals surface area (Å²) in [4.78, 5) is 26.0. The number of aromatic nitrogens is 1.